The van der Waals surface area contributed by atoms with Crippen LogP contribution in [0, 0.1) is 18.8 Å². The number of aliphatic carboxylic acids is 1. The highest BCUT2D eigenvalue weighted by Crippen LogP contribution is 2.40. The van der Waals surface area contributed by atoms with Gasteiger partial charge in [0.05, 0.1) is 11.4 Å². The third-order valence-electron chi connectivity index (χ3n) is 5.24. The Morgan fingerprint density at radius 1 is 1.23 bits per heavy atom. The summed E-state index contributed by atoms with van der Waals surface area (Å²) in [6, 6.07) is 8.56. The number of carboxylic acid groups (broad SMARTS) is 1. The maximum Gasteiger partial charge on any atom is 0.306 e. The lowest BCUT2D eigenvalue weighted by Gasteiger charge is -2.31. The molecule has 1 N–H and O–H groups in total. The highest BCUT2D eigenvalue weighted by atomic mass is 16.4. The van der Waals surface area contributed by atoms with Crippen LogP contribution in [0.1, 0.15) is 49.7 Å². The number of nitrogens with zero attached hydrogens (tertiary/aromatic N) is 1. The number of aryl methyl sites for hydroxylation is 1. The number of fused-ring (bicyclic) bond motifs is 1. The molecule has 2 aromatic rings. The lowest BCUT2D eigenvalue weighted by atomic mass is 9.74. The van der Waals surface area contributed by atoms with E-state index in [1.807, 2.05) is 13.1 Å². The molecule has 0 spiro atoms. The predicted octanol–water partition coefficient (Wildman–Crippen LogP) is 4.54. The van der Waals surface area contributed by atoms with Gasteiger partial charge in [-0.15, -0.1) is 0 Å². The normalized spacial score (nSPS) is 23.4. The van der Waals surface area contributed by atoms with Crippen molar-refractivity contribution >= 4 is 16.9 Å². The minimum Gasteiger partial charge on any atom is -0.481 e. The van der Waals surface area contributed by atoms with E-state index in [2.05, 4.69) is 36.2 Å². The SMILES string of the molecule is Cc1ccc2nccc(C3CCC([C@@H](C)C(=O)O)CC3)c2c1. The van der Waals surface area contributed by atoms with Crippen molar-refractivity contribution in [2.45, 2.75) is 45.4 Å². The van der Waals surface area contributed by atoms with Crippen LogP contribution in [0.15, 0.2) is 30.5 Å². The fourth-order valence-corrected chi connectivity index (χ4v) is 3.77. The molecule has 3 heteroatoms. The molecule has 0 bridgehead atoms. The molecular weight excluding hydrogens is 274 g/mol. The summed E-state index contributed by atoms with van der Waals surface area (Å²) in [5, 5.41) is 10.4. The molecule has 1 aliphatic rings. The van der Waals surface area contributed by atoms with Gasteiger partial charge in [-0.2, -0.15) is 0 Å². The van der Waals surface area contributed by atoms with Gasteiger partial charge in [-0.25, -0.2) is 0 Å². The highest BCUT2D eigenvalue weighted by Gasteiger charge is 2.29. The van der Waals surface area contributed by atoms with E-state index >= 15 is 0 Å². The van der Waals surface area contributed by atoms with Crippen LogP contribution in [0.4, 0.5) is 0 Å². The standard InChI is InChI=1S/C19H23NO2/c1-12-3-8-18-17(11-12)16(9-10-20-18)15-6-4-14(5-7-15)13(2)19(21)22/h3,8-11,13-15H,4-7H2,1-2H3,(H,21,22)/t13-,14?,15?/m1/s1. The van der Waals surface area contributed by atoms with Crippen molar-refractivity contribution in [1.82, 2.24) is 4.98 Å². The summed E-state index contributed by atoms with van der Waals surface area (Å²) in [7, 11) is 0. The number of rotatable bonds is 3. The number of hydrogen-bond donors (Lipinski definition) is 1. The van der Waals surface area contributed by atoms with Gasteiger partial charge in [-0.1, -0.05) is 18.6 Å². The number of carboxylic acids is 1. The van der Waals surface area contributed by atoms with E-state index < -0.39 is 5.97 Å². The van der Waals surface area contributed by atoms with Crippen LogP contribution in [-0.4, -0.2) is 16.1 Å². The zero-order valence-corrected chi connectivity index (χ0v) is 13.2. The van der Waals surface area contributed by atoms with Gasteiger partial charge in [0.2, 0.25) is 0 Å². The molecule has 0 unspecified atom stereocenters. The first kappa shape index (κ1) is 15.0. The Kier molecular flexibility index (Phi) is 4.14. The van der Waals surface area contributed by atoms with Gasteiger partial charge in [-0.3, -0.25) is 9.78 Å². The first-order valence-electron chi connectivity index (χ1n) is 8.14. The quantitative estimate of drug-likeness (QED) is 0.905. The zero-order valence-electron chi connectivity index (χ0n) is 13.2. The van der Waals surface area contributed by atoms with Crippen LogP contribution in [0.2, 0.25) is 0 Å². The van der Waals surface area contributed by atoms with Crippen LogP contribution >= 0.6 is 0 Å². The van der Waals surface area contributed by atoms with Crippen molar-refractivity contribution in [3.8, 4) is 0 Å². The second kappa shape index (κ2) is 6.07. The van der Waals surface area contributed by atoms with E-state index in [0.29, 0.717) is 11.8 Å². The molecular formula is C19H23NO2. The van der Waals surface area contributed by atoms with E-state index in [1.54, 1.807) is 0 Å². The highest BCUT2D eigenvalue weighted by molar-refractivity contribution is 5.83. The second-order valence-corrected chi connectivity index (χ2v) is 6.66. The Morgan fingerprint density at radius 2 is 1.95 bits per heavy atom. The van der Waals surface area contributed by atoms with E-state index in [-0.39, 0.29) is 5.92 Å². The van der Waals surface area contributed by atoms with Crippen LogP contribution in [-0.2, 0) is 4.79 Å². The predicted molar refractivity (Wildman–Crippen MR) is 88.0 cm³/mol. The summed E-state index contributed by atoms with van der Waals surface area (Å²) < 4.78 is 0. The summed E-state index contributed by atoms with van der Waals surface area (Å²) >= 11 is 0. The van der Waals surface area contributed by atoms with E-state index in [1.165, 1.54) is 16.5 Å². The summed E-state index contributed by atoms with van der Waals surface area (Å²) in [6.45, 7) is 3.96. The Bertz CT molecular complexity index is 687. The number of pyridine rings is 1. The summed E-state index contributed by atoms with van der Waals surface area (Å²) in [6.07, 6.45) is 6.07. The maximum absolute atomic E-state index is 11.2. The van der Waals surface area contributed by atoms with Gasteiger partial charge in [0.1, 0.15) is 0 Å². The zero-order chi connectivity index (χ0) is 15.7. The largest absolute Gasteiger partial charge is 0.481 e. The van der Waals surface area contributed by atoms with Crippen LogP contribution in [0.3, 0.4) is 0 Å². The fraction of sp³-hybridized carbons (Fsp3) is 0.474. The van der Waals surface area contributed by atoms with Crippen LogP contribution in [0.25, 0.3) is 10.9 Å². The van der Waals surface area contributed by atoms with Crippen molar-refractivity contribution in [1.29, 1.82) is 0 Å². The van der Waals surface area contributed by atoms with Gasteiger partial charge in [0, 0.05) is 11.6 Å². The third-order valence-corrected chi connectivity index (χ3v) is 5.24. The van der Waals surface area contributed by atoms with Gasteiger partial charge in [0.25, 0.3) is 0 Å². The number of aromatic nitrogens is 1. The molecule has 1 fully saturated rings. The lowest BCUT2D eigenvalue weighted by Crippen LogP contribution is -2.24. The lowest BCUT2D eigenvalue weighted by molar-refractivity contribution is -0.143. The minimum atomic E-state index is -0.659. The number of benzene rings is 1. The molecule has 3 rings (SSSR count). The summed E-state index contributed by atoms with van der Waals surface area (Å²) in [5.74, 6) is -0.0288. The molecule has 1 aliphatic carbocycles. The molecule has 3 nitrogen and oxygen atoms in total. The summed E-state index contributed by atoms with van der Waals surface area (Å²) in [5.41, 5.74) is 3.70. The number of hydrogen-bond acceptors (Lipinski definition) is 2. The van der Waals surface area contributed by atoms with Gasteiger partial charge < -0.3 is 5.11 Å². The average Bonchev–Trinajstić information content (AvgIpc) is 2.53. The topological polar surface area (TPSA) is 50.2 Å². The van der Waals surface area contributed by atoms with Crippen molar-refractivity contribution < 1.29 is 9.90 Å². The average molecular weight is 297 g/mol. The smallest absolute Gasteiger partial charge is 0.306 e. The molecule has 116 valence electrons. The Hall–Kier alpha value is -1.90. The summed E-state index contributed by atoms with van der Waals surface area (Å²) in [4.78, 5) is 15.6. The minimum absolute atomic E-state index is 0.225. The molecule has 1 aromatic carbocycles. The van der Waals surface area contributed by atoms with E-state index in [0.717, 1.165) is 31.2 Å². The molecule has 1 atom stereocenters. The molecule has 1 aromatic heterocycles. The van der Waals surface area contributed by atoms with Crippen molar-refractivity contribution in [2.75, 3.05) is 0 Å². The van der Waals surface area contributed by atoms with Crippen LogP contribution in [0.5, 0.6) is 0 Å². The first-order chi connectivity index (χ1) is 10.6. The molecule has 0 radical (unpaired) electrons. The van der Waals surface area contributed by atoms with Crippen LogP contribution < -0.4 is 0 Å². The first-order valence-corrected chi connectivity index (χ1v) is 8.14. The van der Waals surface area contributed by atoms with Crippen molar-refractivity contribution in [3.05, 3.63) is 41.6 Å². The molecule has 1 heterocycles. The number of carbonyl (C=O) groups is 1. The Morgan fingerprint density at radius 3 is 2.64 bits per heavy atom. The monoisotopic (exact) mass is 297 g/mol. The van der Waals surface area contributed by atoms with Crippen molar-refractivity contribution in [3.63, 3.8) is 0 Å². The molecule has 22 heavy (non-hydrogen) atoms. The molecule has 1 saturated carbocycles. The van der Waals surface area contributed by atoms with E-state index in [4.69, 9.17) is 0 Å². The third kappa shape index (κ3) is 2.85. The Balaban J connectivity index is 1.82. The van der Waals surface area contributed by atoms with E-state index in [9.17, 15) is 9.90 Å². The molecule has 0 amide bonds. The van der Waals surface area contributed by atoms with Gasteiger partial charge in [-0.05, 0) is 68.2 Å². The fourth-order valence-electron chi connectivity index (χ4n) is 3.77. The molecule has 0 aliphatic heterocycles. The van der Waals surface area contributed by atoms with Crippen molar-refractivity contribution in [2.24, 2.45) is 11.8 Å². The molecule has 0 saturated heterocycles. The Labute approximate surface area is 131 Å². The second-order valence-electron chi connectivity index (χ2n) is 6.66. The van der Waals surface area contributed by atoms with Gasteiger partial charge >= 0.3 is 5.97 Å². The van der Waals surface area contributed by atoms with Gasteiger partial charge in [0.15, 0.2) is 0 Å². The maximum atomic E-state index is 11.2.